The minimum Gasteiger partial charge on any atom is -0.469 e. The number of nitrogens with one attached hydrogen (secondary N) is 1. The van der Waals surface area contributed by atoms with Crippen molar-refractivity contribution in [3.8, 4) is 17.2 Å². The summed E-state index contributed by atoms with van der Waals surface area (Å²) >= 11 is 0. The number of fused-ring (bicyclic) bond motifs is 2. The zero-order valence-corrected chi connectivity index (χ0v) is 13.8. The molecule has 6 rings (SSSR count). The second kappa shape index (κ2) is 4.21. The lowest BCUT2D eigenvalue weighted by atomic mass is 9.92. The van der Waals surface area contributed by atoms with Crippen LogP contribution in [0.2, 0.25) is 0 Å². The summed E-state index contributed by atoms with van der Waals surface area (Å²) in [7, 11) is 1.92. The lowest BCUT2D eigenvalue weighted by Crippen LogP contribution is -2.49. The second-order valence-electron chi connectivity index (χ2n) is 7.86. The van der Waals surface area contributed by atoms with E-state index in [2.05, 4.69) is 21.3 Å². The highest BCUT2D eigenvalue weighted by atomic mass is 16.5. The van der Waals surface area contributed by atoms with E-state index < -0.39 is 0 Å². The molecule has 2 aromatic rings. The highest BCUT2D eigenvalue weighted by Gasteiger charge is 2.77. The molecule has 124 valence electrons. The average Bonchev–Trinajstić information content (AvgIpc) is 2.98. The number of rotatable bonds is 3. The van der Waals surface area contributed by atoms with Crippen LogP contribution < -0.4 is 10.1 Å². The van der Waals surface area contributed by atoms with E-state index in [9.17, 15) is 0 Å². The molecule has 0 aromatic carbocycles. The van der Waals surface area contributed by atoms with Crippen LogP contribution in [0.1, 0.15) is 24.2 Å². The van der Waals surface area contributed by atoms with E-state index in [0.29, 0.717) is 11.5 Å². The van der Waals surface area contributed by atoms with Crippen molar-refractivity contribution in [3.63, 3.8) is 0 Å². The molecule has 24 heavy (non-hydrogen) atoms. The Hall–Kier alpha value is -1.85. The van der Waals surface area contributed by atoms with E-state index in [1.54, 1.807) is 0 Å². The van der Waals surface area contributed by atoms with Crippen molar-refractivity contribution in [2.24, 2.45) is 5.92 Å². The quantitative estimate of drug-likeness (QED) is 0.938. The number of aromatic nitrogens is 1. The number of piperidine rings is 1. The van der Waals surface area contributed by atoms with Crippen LogP contribution >= 0.6 is 0 Å². The van der Waals surface area contributed by atoms with Gasteiger partial charge in [-0.25, -0.2) is 4.98 Å². The van der Waals surface area contributed by atoms with Crippen LogP contribution in [0.25, 0.3) is 11.3 Å². The van der Waals surface area contributed by atoms with Gasteiger partial charge in [-0.05, 0) is 38.1 Å². The zero-order chi connectivity index (χ0) is 15.9. The molecule has 4 aliphatic rings. The maximum Gasteiger partial charge on any atom is 0.217 e. The number of hydrogen-bond acceptors (Lipinski definition) is 5. The standard InChI is InChI=1S/C19H21N3O2/c1-20-10-14-2-3-15(23-14)13-6-12-7-19(24-17(12)21-9-13)11-22-5-4-18(22)8-16(18)19/h2-3,6,9,16,20H,4-5,7-8,10-11H2,1H3/t16?,18?,19-/m0/s1. The first kappa shape index (κ1) is 13.4. The largest absolute Gasteiger partial charge is 0.469 e. The molecule has 1 saturated carbocycles. The van der Waals surface area contributed by atoms with Crippen molar-refractivity contribution in [1.82, 2.24) is 15.2 Å². The lowest BCUT2D eigenvalue weighted by Gasteiger charge is -2.39. The Bertz CT molecular complexity index is 847. The molecule has 1 N–H and O–H groups in total. The molecule has 1 aliphatic carbocycles. The molecule has 3 aliphatic heterocycles. The molecule has 0 amide bonds. The summed E-state index contributed by atoms with van der Waals surface area (Å²) in [5, 5.41) is 3.11. The van der Waals surface area contributed by atoms with Crippen molar-refractivity contribution in [1.29, 1.82) is 0 Å². The van der Waals surface area contributed by atoms with Crippen LogP contribution in [0.4, 0.5) is 0 Å². The molecule has 5 heteroatoms. The van der Waals surface area contributed by atoms with Crippen LogP contribution in [0.15, 0.2) is 28.8 Å². The predicted octanol–water partition coefficient (Wildman–Crippen LogP) is 2.21. The van der Waals surface area contributed by atoms with Crippen molar-refractivity contribution < 1.29 is 9.15 Å². The molecular formula is C19H21N3O2. The first-order valence-electron chi connectivity index (χ1n) is 8.89. The summed E-state index contributed by atoms with van der Waals surface area (Å²) in [5.74, 6) is 3.38. The van der Waals surface area contributed by atoms with Crippen LogP contribution in [-0.2, 0) is 13.0 Å². The van der Waals surface area contributed by atoms with Gasteiger partial charge in [0.2, 0.25) is 5.88 Å². The molecule has 2 spiro atoms. The van der Waals surface area contributed by atoms with Gasteiger partial charge >= 0.3 is 0 Å². The number of hydrogen-bond donors (Lipinski definition) is 1. The fourth-order valence-electron chi connectivity index (χ4n) is 5.31. The van der Waals surface area contributed by atoms with Crippen molar-refractivity contribution in [2.45, 2.75) is 36.9 Å². The Balaban J connectivity index is 1.31. The van der Waals surface area contributed by atoms with E-state index >= 15 is 0 Å². The van der Waals surface area contributed by atoms with Gasteiger partial charge in [0, 0.05) is 48.3 Å². The van der Waals surface area contributed by atoms with Gasteiger partial charge in [-0.2, -0.15) is 0 Å². The lowest BCUT2D eigenvalue weighted by molar-refractivity contribution is 0.0450. The van der Waals surface area contributed by atoms with Gasteiger partial charge in [0.05, 0.1) is 6.54 Å². The Morgan fingerprint density at radius 2 is 2.38 bits per heavy atom. The molecule has 2 saturated heterocycles. The summed E-state index contributed by atoms with van der Waals surface area (Å²) < 4.78 is 12.3. The SMILES string of the molecule is CNCc1ccc(-c2cnc3c(c2)C[C@@]2(CN4CCC45CC52)O3)o1. The molecule has 2 unspecified atom stereocenters. The van der Waals surface area contributed by atoms with Gasteiger partial charge < -0.3 is 14.5 Å². The monoisotopic (exact) mass is 323 g/mol. The van der Waals surface area contributed by atoms with E-state index in [-0.39, 0.29) is 5.60 Å². The fourth-order valence-corrected chi connectivity index (χ4v) is 5.31. The second-order valence-corrected chi connectivity index (χ2v) is 7.86. The van der Waals surface area contributed by atoms with Gasteiger partial charge in [0.1, 0.15) is 17.1 Å². The third-order valence-corrected chi connectivity index (χ3v) is 6.60. The molecule has 5 heterocycles. The van der Waals surface area contributed by atoms with Crippen LogP contribution in [0, 0.1) is 5.92 Å². The highest BCUT2D eigenvalue weighted by Crippen LogP contribution is 2.68. The Labute approximate surface area is 141 Å². The molecule has 0 radical (unpaired) electrons. The number of furan rings is 1. The van der Waals surface area contributed by atoms with Crippen LogP contribution in [0.3, 0.4) is 0 Å². The Morgan fingerprint density at radius 1 is 1.42 bits per heavy atom. The smallest absolute Gasteiger partial charge is 0.217 e. The number of nitrogens with zero attached hydrogens (tertiary/aromatic N) is 2. The predicted molar refractivity (Wildman–Crippen MR) is 88.8 cm³/mol. The van der Waals surface area contributed by atoms with E-state index in [0.717, 1.165) is 42.5 Å². The van der Waals surface area contributed by atoms with Crippen molar-refractivity contribution in [2.75, 3.05) is 20.1 Å². The third kappa shape index (κ3) is 1.55. The Kier molecular flexibility index (Phi) is 2.36. The summed E-state index contributed by atoms with van der Waals surface area (Å²) in [4.78, 5) is 7.25. The number of ether oxygens (including phenoxy) is 1. The summed E-state index contributed by atoms with van der Waals surface area (Å²) in [5.41, 5.74) is 2.78. The van der Waals surface area contributed by atoms with Crippen molar-refractivity contribution in [3.05, 3.63) is 35.7 Å². The van der Waals surface area contributed by atoms with E-state index in [4.69, 9.17) is 9.15 Å². The normalized spacial score (nSPS) is 35.3. The van der Waals surface area contributed by atoms with E-state index in [1.807, 2.05) is 25.4 Å². The first-order valence-corrected chi connectivity index (χ1v) is 8.89. The van der Waals surface area contributed by atoms with Crippen LogP contribution in [-0.4, -0.2) is 41.2 Å². The van der Waals surface area contributed by atoms with Gasteiger partial charge in [0.15, 0.2) is 0 Å². The number of pyridine rings is 1. The van der Waals surface area contributed by atoms with Crippen LogP contribution in [0.5, 0.6) is 5.88 Å². The third-order valence-electron chi connectivity index (χ3n) is 6.60. The van der Waals surface area contributed by atoms with Crippen molar-refractivity contribution >= 4 is 0 Å². The van der Waals surface area contributed by atoms with E-state index in [1.165, 1.54) is 24.9 Å². The molecule has 2 aromatic heterocycles. The van der Waals surface area contributed by atoms with Gasteiger partial charge in [-0.15, -0.1) is 0 Å². The minimum atomic E-state index is -0.00902. The molecule has 0 bridgehead atoms. The topological polar surface area (TPSA) is 50.5 Å². The van der Waals surface area contributed by atoms with Gasteiger partial charge in [-0.3, -0.25) is 4.90 Å². The molecule has 5 nitrogen and oxygen atoms in total. The van der Waals surface area contributed by atoms with Gasteiger partial charge in [-0.1, -0.05) is 0 Å². The zero-order valence-electron chi connectivity index (χ0n) is 13.8. The summed E-state index contributed by atoms with van der Waals surface area (Å²) in [6.07, 6.45) is 5.56. The summed E-state index contributed by atoms with van der Waals surface area (Å²) in [6, 6.07) is 6.26. The molecule has 3 fully saturated rings. The average molecular weight is 323 g/mol. The maximum atomic E-state index is 6.43. The molecular weight excluding hydrogens is 302 g/mol. The fraction of sp³-hybridized carbons (Fsp3) is 0.526. The highest BCUT2D eigenvalue weighted by molar-refractivity contribution is 5.59. The maximum absolute atomic E-state index is 6.43. The molecule has 3 atom stereocenters. The first-order chi connectivity index (χ1) is 11.7. The minimum absolute atomic E-state index is 0.00902. The summed E-state index contributed by atoms with van der Waals surface area (Å²) in [6.45, 7) is 3.07. The Morgan fingerprint density at radius 3 is 3.08 bits per heavy atom. The van der Waals surface area contributed by atoms with Gasteiger partial charge in [0.25, 0.3) is 0 Å².